The maximum Gasteiger partial charge on any atom is 0.263 e. The zero-order valence-electron chi connectivity index (χ0n) is 17.0. The summed E-state index contributed by atoms with van der Waals surface area (Å²) in [6.07, 6.45) is 8.42. The first-order chi connectivity index (χ1) is 14.6. The van der Waals surface area contributed by atoms with Crippen molar-refractivity contribution in [3.8, 4) is 0 Å². The molecule has 2 bridgehead atoms. The fourth-order valence-electron chi connectivity index (χ4n) is 5.27. The molecule has 2 aromatic rings. The standard InChI is InChI=1S/C22H27N5O3/c28-20(17-10-23-24-11-17)26-12-15-9-16(14-26)19-6-5-18(22(30)27(19)13-15)21(29)25-7-3-1-2-4-8-25/h5-6,10-11,15-16H,1-4,7-9,12-14H2,(H,23,24)/t15-,16+/m0/s1. The van der Waals surface area contributed by atoms with Crippen LogP contribution < -0.4 is 5.56 Å². The quantitative estimate of drug-likeness (QED) is 0.819. The van der Waals surface area contributed by atoms with Crippen LogP contribution in [0.1, 0.15) is 64.4 Å². The lowest BCUT2D eigenvalue weighted by Crippen LogP contribution is -2.50. The van der Waals surface area contributed by atoms with E-state index in [2.05, 4.69) is 10.2 Å². The Bertz CT molecular complexity index is 1000. The average molecular weight is 409 g/mol. The summed E-state index contributed by atoms with van der Waals surface area (Å²) in [6.45, 7) is 3.23. The van der Waals surface area contributed by atoms with Gasteiger partial charge in [0.2, 0.25) is 0 Å². The number of hydrogen-bond donors (Lipinski definition) is 1. The van der Waals surface area contributed by atoms with Crippen molar-refractivity contribution in [2.75, 3.05) is 26.2 Å². The first kappa shape index (κ1) is 19.1. The fraction of sp³-hybridized carbons (Fsp3) is 0.545. The van der Waals surface area contributed by atoms with Gasteiger partial charge >= 0.3 is 0 Å². The molecule has 2 saturated heterocycles. The zero-order valence-corrected chi connectivity index (χ0v) is 17.0. The normalized spacial score (nSPS) is 23.6. The molecule has 2 atom stereocenters. The first-order valence-electron chi connectivity index (χ1n) is 10.9. The van der Waals surface area contributed by atoms with Gasteiger partial charge in [-0.25, -0.2) is 0 Å². The molecule has 0 saturated carbocycles. The van der Waals surface area contributed by atoms with Crippen LogP contribution in [0.4, 0.5) is 0 Å². The van der Waals surface area contributed by atoms with Gasteiger partial charge in [0.05, 0.1) is 11.8 Å². The second kappa shape index (κ2) is 7.74. The minimum Gasteiger partial charge on any atom is -0.338 e. The number of nitrogens with zero attached hydrogens (tertiary/aromatic N) is 4. The van der Waals surface area contributed by atoms with Crippen molar-refractivity contribution < 1.29 is 9.59 Å². The molecule has 30 heavy (non-hydrogen) atoms. The molecule has 158 valence electrons. The number of carbonyl (C=O) groups excluding carboxylic acids is 2. The Morgan fingerprint density at radius 2 is 1.77 bits per heavy atom. The predicted octanol–water partition coefficient (Wildman–Crippen LogP) is 1.85. The van der Waals surface area contributed by atoms with Crippen LogP contribution in [0.3, 0.4) is 0 Å². The molecule has 0 aliphatic carbocycles. The summed E-state index contributed by atoms with van der Waals surface area (Å²) < 4.78 is 1.80. The van der Waals surface area contributed by atoms with E-state index in [4.69, 9.17) is 0 Å². The van der Waals surface area contributed by atoms with Gasteiger partial charge in [-0.2, -0.15) is 5.10 Å². The van der Waals surface area contributed by atoms with Crippen LogP contribution in [0.25, 0.3) is 0 Å². The molecule has 8 heteroatoms. The van der Waals surface area contributed by atoms with Crippen molar-refractivity contribution in [3.05, 3.63) is 51.7 Å². The molecule has 2 fully saturated rings. The lowest BCUT2D eigenvalue weighted by Gasteiger charge is -2.42. The van der Waals surface area contributed by atoms with Crippen molar-refractivity contribution in [1.82, 2.24) is 24.6 Å². The van der Waals surface area contributed by atoms with Gasteiger partial charge in [0.15, 0.2) is 0 Å². The minimum absolute atomic E-state index is 0.0257. The molecule has 3 aliphatic rings. The van der Waals surface area contributed by atoms with Crippen molar-refractivity contribution in [3.63, 3.8) is 0 Å². The van der Waals surface area contributed by atoms with Gasteiger partial charge < -0.3 is 14.4 Å². The van der Waals surface area contributed by atoms with Crippen LogP contribution in [0.5, 0.6) is 0 Å². The van der Waals surface area contributed by atoms with Crippen LogP contribution in [0.2, 0.25) is 0 Å². The minimum atomic E-state index is -0.175. The summed E-state index contributed by atoms with van der Waals surface area (Å²) in [5.74, 6) is 0.170. The Labute approximate surface area is 174 Å². The van der Waals surface area contributed by atoms with Crippen LogP contribution in [-0.2, 0) is 6.54 Å². The lowest BCUT2D eigenvalue weighted by molar-refractivity contribution is 0.0594. The summed E-state index contributed by atoms with van der Waals surface area (Å²) in [4.78, 5) is 42.7. The molecule has 5 heterocycles. The Balaban J connectivity index is 1.40. The molecule has 0 spiro atoms. The monoisotopic (exact) mass is 409 g/mol. The van der Waals surface area contributed by atoms with Gasteiger partial charge in [-0.1, -0.05) is 12.8 Å². The lowest BCUT2D eigenvalue weighted by atomic mass is 9.82. The van der Waals surface area contributed by atoms with Gasteiger partial charge in [-0.15, -0.1) is 0 Å². The van der Waals surface area contributed by atoms with Gasteiger partial charge in [0, 0.05) is 50.5 Å². The Hall–Kier alpha value is -2.90. The van der Waals surface area contributed by atoms with E-state index in [1.807, 2.05) is 15.9 Å². The smallest absolute Gasteiger partial charge is 0.263 e. The topological polar surface area (TPSA) is 91.3 Å². The number of aromatic nitrogens is 3. The van der Waals surface area contributed by atoms with Crippen LogP contribution in [0, 0.1) is 5.92 Å². The molecule has 2 amide bonds. The summed E-state index contributed by atoms with van der Waals surface area (Å²) >= 11 is 0. The van der Waals surface area contributed by atoms with Crippen LogP contribution >= 0.6 is 0 Å². The summed E-state index contributed by atoms with van der Waals surface area (Å²) in [5.41, 5.74) is 1.61. The van der Waals surface area contributed by atoms with Crippen LogP contribution in [0.15, 0.2) is 29.3 Å². The fourth-order valence-corrected chi connectivity index (χ4v) is 5.27. The van der Waals surface area contributed by atoms with E-state index >= 15 is 0 Å². The summed E-state index contributed by atoms with van der Waals surface area (Å²) in [6, 6.07) is 3.64. The van der Waals surface area contributed by atoms with E-state index in [9.17, 15) is 14.4 Å². The third-order valence-corrected chi connectivity index (χ3v) is 6.76. The number of fused-ring (bicyclic) bond motifs is 4. The summed E-state index contributed by atoms with van der Waals surface area (Å²) in [5, 5.41) is 6.57. The second-order valence-electron chi connectivity index (χ2n) is 8.79. The molecular weight excluding hydrogens is 382 g/mol. The number of likely N-dealkylation sites (tertiary alicyclic amines) is 2. The Morgan fingerprint density at radius 3 is 2.50 bits per heavy atom. The zero-order chi connectivity index (χ0) is 20.7. The van der Waals surface area contributed by atoms with Gasteiger partial charge in [-0.3, -0.25) is 19.5 Å². The molecular formula is C22H27N5O3. The number of amides is 2. The van der Waals surface area contributed by atoms with Gasteiger partial charge in [0.25, 0.3) is 17.4 Å². The van der Waals surface area contributed by atoms with Gasteiger partial charge in [0.1, 0.15) is 5.56 Å². The van der Waals surface area contributed by atoms with E-state index in [1.54, 1.807) is 23.0 Å². The van der Waals surface area contributed by atoms with Crippen molar-refractivity contribution in [2.45, 2.75) is 44.6 Å². The number of piperidine rings is 1. The molecule has 1 N–H and O–H groups in total. The highest BCUT2D eigenvalue weighted by Crippen LogP contribution is 2.35. The van der Waals surface area contributed by atoms with E-state index in [-0.39, 0.29) is 34.8 Å². The number of pyridine rings is 1. The van der Waals surface area contributed by atoms with E-state index in [0.717, 1.165) is 50.9 Å². The molecule has 0 radical (unpaired) electrons. The SMILES string of the molecule is O=C(c1cn[nH]c1)N1C[C@@H]2C[C@H](C1)c1ccc(C(=O)N3CCCCCC3)c(=O)n1C2. The van der Waals surface area contributed by atoms with Crippen molar-refractivity contribution in [1.29, 1.82) is 0 Å². The third-order valence-electron chi connectivity index (χ3n) is 6.76. The number of nitrogens with one attached hydrogen (secondary N) is 1. The van der Waals surface area contributed by atoms with Crippen molar-refractivity contribution >= 4 is 11.8 Å². The molecule has 2 aromatic heterocycles. The highest BCUT2D eigenvalue weighted by atomic mass is 16.2. The maximum absolute atomic E-state index is 13.2. The van der Waals surface area contributed by atoms with E-state index in [0.29, 0.717) is 25.2 Å². The number of H-pyrrole nitrogens is 1. The number of rotatable bonds is 2. The van der Waals surface area contributed by atoms with E-state index in [1.165, 1.54) is 0 Å². The van der Waals surface area contributed by atoms with Crippen molar-refractivity contribution in [2.24, 2.45) is 5.92 Å². The van der Waals surface area contributed by atoms with Gasteiger partial charge in [-0.05, 0) is 37.3 Å². The molecule has 0 unspecified atom stereocenters. The second-order valence-corrected chi connectivity index (χ2v) is 8.79. The largest absolute Gasteiger partial charge is 0.338 e. The molecule has 0 aromatic carbocycles. The Kier molecular flexibility index (Phi) is 4.92. The van der Waals surface area contributed by atoms with Crippen LogP contribution in [-0.4, -0.2) is 62.6 Å². The first-order valence-corrected chi connectivity index (χ1v) is 10.9. The summed E-state index contributed by atoms with van der Waals surface area (Å²) in [7, 11) is 0. The average Bonchev–Trinajstić information content (AvgIpc) is 3.16. The highest BCUT2D eigenvalue weighted by molar-refractivity contribution is 5.94. The Morgan fingerprint density at radius 1 is 0.967 bits per heavy atom. The number of aromatic amines is 1. The highest BCUT2D eigenvalue weighted by Gasteiger charge is 2.37. The third kappa shape index (κ3) is 3.34. The van der Waals surface area contributed by atoms with E-state index < -0.39 is 0 Å². The predicted molar refractivity (Wildman–Crippen MR) is 110 cm³/mol. The number of carbonyl (C=O) groups is 2. The molecule has 5 rings (SSSR count). The molecule has 8 nitrogen and oxygen atoms in total. The molecule has 3 aliphatic heterocycles. The number of hydrogen-bond acceptors (Lipinski definition) is 4. The maximum atomic E-state index is 13.2.